The maximum absolute atomic E-state index is 9.77. The molecule has 3 aromatic rings. The van der Waals surface area contributed by atoms with Gasteiger partial charge < -0.3 is 39.8 Å². The summed E-state index contributed by atoms with van der Waals surface area (Å²) in [5.41, 5.74) is 2.68. The molecule has 13 nitrogen and oxygen atoms in total. The van der Waals surface area contributed by atoms with Crippen molar-refractivity contribution in [2.75, 3.05) is 33.2 Å². The van der Waals surface area contributed by atoms with Crippen molar-refractivity contribution in [3.05, 3.63) is 71.8 Å². The van der Waals surface area contributed by atoms with E-state index >= 15 is 0 Å². The zero-order valence-electron chi connectivity index (χ0n) is 27.0. The molecular formula is C32H51N7O6. The van der Waals surface area contributed by atoms with Crippen LogP contribution >= 0.6 is 0 Å². The van der Waals surface area contributed by atoms with Crippen molar-refractivity contribution in [1.29, 1.82) is 0 Å². The molecule has 0 saturated heterocycles. The number of imidazole rings is 2. The number of carboxylic acids is 2. The molecule has 0 bridgehead atoms. The molecule has 0 amide bonds. The SMILES string of the molecule is CCCN(CCC)CCCCN(C)Cc1ccc(CN(Cc2ncc[nH]2)Cc2nccn2C)cc1.O=C(O)C(O)C(O)C(=O)O. The molecule has 5 N–H and O–H groups in total. The molecule has 2 unspecified atom stereocenters. The summed E-state index contributed by atoms with van der Waals surface area (Å²) in [4.78, 5) is 39.1. The standard InChI is InChI=1S/C28H45N7.C4H6O6/c1-5-16-34(17-6-2)19-8-7-18-32(3)21-25-9-11-26(12-10-25)22-35(23-27-29-13-14-30-27)24-28-31-15-20-33(28)4;5-1(3(7)8)2(6)4(9)10/h9-15,20H,5-8,16-19,21-24H2,1-4H3,(H,29,30);1-2,5-6H,(H,7,8)(H,9,10). The number of rotatable bonds is 20. The molecule has 0 spiro atoms. The Balaban J connectivity index is 0.000000607. The first-order valence-electron chi connectivity index (χ1n) is 15.5. The predicted octanol–water partition coefficient (Wildman–Crippen LogP) is 2.56. The minimum absolute atomic E-state index is 0.762. The lowest BCUT2D eigenvalue weighted by Gasteiger charge is -2.22. The Bertz CT molecular complexity index is 1210. The predicted molar refractivity (Wildman–Crippen MR) is 171 cm³/mol. The molecule has 3 rings (SSSR count). The van der Waals surface area contributed by atoms with Crippen LogP contribution < -0.4 is 0 Å². The number of aliphatic hydroxyl groups excluding tert-OH is 2. The highest BCUT2D eigenvalue weighted by atomic mass is 16.4. The number of unbranched alkanes of at least 4 members (excludes halogenated alkanes) is 1. The van der Waals surface area contributed by atoms with Gasteiger partial charge in [-0.2, -0.15) is 0 Å². The van der Waals surface area contributed by atoms with Crippen molar-refractivity contribution in [3.8, 4) is 0 Å². The molecule has 0 radical (unpaired) electrons. The van der Waals surface area contributed by atoms with Crippen LogP contribution in [-0.2, 0) is 42.8 Å². The molecule has 2 heterocycles. The molecule has 45 heavy (non-hydrogen) atoms. The Labute approximate surface area is 266 Å². The van der Waals surface area contributed by atoms with Crippen LogP contribution in [0.3, 0.4) is 0 Å². The van der Waals surface area contributed by atoms with Crippen molar-refractivity contribution in [3.63, 3.8) is 0 Å². The second-order valence-corrected chi connectivity index (χ2v) is 11.3. The van der Waals surface area contributed by atoms with Gasteiger partial charge in [-0.25, -0.2) is 19.6 Å². The van der Waals surface area contributed by atoms with Gasteiger partial charge in [0.25, 0.3) is 0 Å². The molecule has 0 aliphatic carbocycles. The van der Waals surface area contributed by atoms with E-state index in [4.69, 9.17) is 20.4 Å². The average Bonchev–Trinajstić information content (AvgIpc) is 3.67. The van der Waals surface area contributed by atoms with Crippen molar-refractivity contribution in [1.82, 2.24) is 34.2 Å². The topological polar surface area (TPSA) is 171 Å². The summed E-state index contributed by atoms with van der Waals surface area (Å²) in [7, 11) is 4.28. The maximum atomic E-state index is 9.77. The molecular weight excluding hydrogens is 578 g/mol. The van der Waals surface area contributed by atoms with E-state index in [1.54, 1.807) is 0 Å². The van der Waals surface area contributed by atoms with E-state index < -0.39 is 24.1 Å². The van der Waals surface area contributed by atoms with Gasteiger partial charge >= 0.3 is 11.9 Å². The van der Waals surface area contributed by atoms with Gasteiger partial charge in [-0.15, -0.1) is 0 Å². The second-order valence-electron chi connectivity index (χ2n) is 11.3. The first kappa shape index (κ1) is 37.6. The van der Waals surface area contributed by atoms with Crippen LogP contribution in [0.2, 0.25) is 0 Å². The van der Waals surface area contributed by atoms with Crippen molar-refractivity contribution in [2.45, 2.75) is 77.9 Å². The summed E-state index contributed by atoms with van der Waals surface area (Å²) in [6.45, 7) is 12.8. The molecule has 0 aliphatic rings. The van der Waals surface area contributed by atoms with Crippen molar-refractivity contribution < 1.29 is 30.0 Å². The summed E-state index contributed by atoms with van der Waals surface area (Å²) in [5.74, 6) is -1.50. The normalized spacial score (nSPS) is 12.7. The van der Waals surface area contributed by atoms with E-state index in [1.807, 2.05) is 31.8 Å². The Kier molecular flexibility index (Phi) is 17.0. The van der Waals surface area contributed by atoms with Gasteiger partial charge in [-0.1, -0.05) is 38.1 Å². The van der Waals surface area contributed by atoms with Gasteiger partial charge in [-0.05, 0) is 70.0 Å². The zero-order chi connectivity index (χ0) is 33.2. The fraction of sp³-hybridized carbons (Fsp3) is 0.562. The van der Waals surface area contributed by atoms with Crippen LogP contribution in [-0.4, -0.2) is 112 Å². The van der Waals surface area contributed by atoms with E-state index in [-0.39, 0.29) is 0 Å². The van der Waals surface area contributed by atoms with Crippen LogP contribution in [0, 0.1) is 0 Å². The number of benzene rings is 1. The van der Waals surface area contributed by atoms with Gasteiger partial charge in [0.05, 0.1) is 13.1 Å². The monoisotopic (exact) mass is 629 g/mol. The number of aliphatic carboxylic acids is 2. The van der Waals surface area contributed by atoms with Crippen molar-refractivity contribution >= 4 is 11.9 Å². The van der Waals surface area contributed by atoms with E-state index in [9.17, 15) is 9.59 Å². The Morgan fingerprint density at radius 3 is 1.87 bits per heavy atom. The third-order valence-electron chi connectivity index (χ3n) is 7.24. The first-order chi connectivity index (χ1) is 21.5. The second kappa shape index (κ2) is 20.4. The smallest absolute Gasteiger partial charge is 0.335 e. The number of carboxylic acid groups (broad SMARTS) is 2. The third kappa shape index (κ3) is 14.4. The maximum Gasteiger partial charge on any atom is 0.335 e. The van der Waals surface area contributed by atoms with Crippen LogP contribution in [0.4, 0.5) is 0 Å². The molecule has 13 heteroatoms. The number of H-pyrrole nitrogens is 1. The number of aromatic nitrogens is 4. The number of nitrogens with one attached hydrogen (secondary N) is 1. The van der Waals surface area contributed by atoms with Gasteiger partial charge in [0.15, 0.2) is 12.2 Å². The molecule has 250 valence electrons. The molecule has 2 atom stereocenters. The lowest BCUT2D eigenvalue weighted by atomic mass is 10.1. The fourth-order valence-corrected chi connectivity index (χ4v) is 4.87. The highest BCUT2D eigenvalue weighted by Gasteiger charge is 2.29. The Morgan fingerprint density at radius 2 is 1.38 bits per heavy atom. The summed E-state index contributed by atoms with van der Waals surface area (Å²) in [6, 6.07) is 9.10. The molecule has 1 aromatic carbocycles. The van der Waals surface area contributed by atoms with E-state index in [0.717, 1.165) is 44.4 Å². The highest BCUT2D eigenvalue weighted by molar-refractivity contribution is 5.83. The number of carbonyl (C=O) groups is 2. The number of aryl methyl sites for hydroxylation is 1. The summed E-state index contributed by atoms with van der Waals surface area (Å²) in [5, 5.41) is 32.5. The average molecular weight is 630 g/mol. The number of aromatic amines is 1. The van der Waals surface area contributed by atoms with Crippen LogP contribution in [0.1, 0.15) is 62.3 Å². The van der Waals surface area contributed by atoms with Gasteiger partial charge in [0.2, 0.25) is 0 Å². The van der Waals surface area contributed by atoms with E-state index in [0.29, 0.717) is 0 Å². The molecule has 0 saturated carbocycles. The summed E-state index contributed by atoms with van der Waals surface area (Å²) < 4.78 is 2.08. The summed E-state index contributed by atoms with van der Waals surface area (Å²) in [6.07, 6.45) is 8.06. The molecule has 0 fully saturated rings. The molecule has 2 aromatic heterocycles. The van der Waals surface area contributed by atoms with Gasteiger partial charge in [-0.3, -0.25) is 4.90 Å². The fourth-order valence-electron chi connectivity index (χ4n) is 4.87. The number of aliphatic hydroxyl groups is 2. The largest absolute Gasteiger partial charge is 0.479 e. The Hall–Kier alpha value is -3.62. The minimum atomic E-state index is -2.27. The zero-order valence-corrected chi connectivity index (χ0v) is 27.0. The van der Waals surface area contributed by atoms with Gasteiger partial charge in [0, 0.05) is 44.9 Å². The quantitative estimate of drug-likeness (QED) is 0.116. The van der Waals surface area contributed by atoms with Crippen LogP contribution in [0.5, 0.6) is 0 Å². The van der Waals surface area contributed by atoms with E-state index in [2.05, 4.69) is 79.4 Å². The van der Waals surface area contributed by atoms with Crippen LogP contribution in [0.15, 0.2) is 49.1 Å². The van der Waals surface area contributed by atoms with Crippen LogP contribution in [0.25, 0.3) is 0 Å². The number of nitrogens with zero attached hydrogens (tertiary/aromatic N) is 6. The first-order valence-corrected chi connectivity index (χ1v) is 15.5. The summed E-state index contributed by atoms with van der Waals surface area (Å²) >= 11 is 0. The third-order valence-corrected chi connectivity index (χ3v) is 7.24. The lowest BCUT2D eigenvalue weighted by molar-refractivity contribution is -0.165. The number of hydrogen-bond donors (Lipinski definition) is 5. The van der Waals surface area contributed by atoms with Gasteiger partial charge in [0.1, 0.15) is 11.6 Å². The van der Waals surface area contributed by atoms with E-state index in [1.165, 1.54) is 56.4 Å². The number of hydrogen-bond acceptors (Lipinski definition) is 9. The lowest BCUT2D eigenvalue weighted by Crippen LogP contribution is -2.39. The Morgan fingerprint density at radius 1 is 0.800 bits per heavy atom. The minimum Gasteiger partial charge on any atom is -0.479 e. The van der Waals surface area contributed by atoms with Crippen molar-refractivity contribution in [2.24, 2.45) is 7.05 Å². The highest BCUT2D eigenvalue weighted by Crippen LogP contribution is 2.14. The molecule has 0 aliphatic heterocycles.